The molecule has 164 valence electrons. The van der Waals surface area contributed by atoms with E-state index in [4.69, 9.17) is 0 Å². The molecule has 4 rings (SSSR count). The lowest BCUT2D eigenvalue weighted by Gasteiger charge is -2.30. The van der Waals surface area contributed by atoms with Crippen molar-refractivity contribution < 1.29 is 22.8 Å². The summed E-state index contributed by atoms with van der Waals surface area (Å²) in [5, 5.41) is 0. The summed E-state index contributed by atoms with van der Waals surface area (Å²) in [5.41, 5.74) is 0.195. The highest BCUT2D eigenvalue weighted by molar-refractivity contribution is 5.90. The van der Waals surface area contributed by atoms with Crippen molar-refractivity contribution in [1.29, 1.82) is 0 Å². The zero-order valence-corrected chi connectivity index (χ0v) is 17.0. The second-order valence-electron chi connectivity index (χ2n) is 8.61. The maximum atomic E-state index is 13.1. The second-order valence-corrected chi connectivity index (χ2v) is 8.61. The van der Waals surface area contributed by atoms with E-state index in [1.165, 1.54) is 12.1 Å². The van der Waals surface area contributed by atoms with Crippen LogP contribution < -0.4 is 0 Å². The third kappa shape index (κ3) is 4.79. The predicted molar refractivity (Wildman–Crippen MR) is 105 cm³/mol. The number of nitrogens with zero attached hydrogens (tertiary/aromatic N) is 3. The third-order valence-electron chi connectivity index (χ3n) is 6.34. The fourth-order valence-electron chi connectivity index (χ4n) is 4.47. The average molecular weight is 423 g/mol. The van der Waals surface area contributed by atoms with Gasteiger partial charge in [0.15, 0.2) is 0 Å². The van der Waals surface area contributed by atoms with Crippen LogP contribution >= 0.6 is 0 Å². The normalized spacial score (nSPS) is 23.5. The van der Waals surface area contributed by atoms with Crippen molar-refractivity contribution in [2.75, 3.05) is 32.7 Å². The number of hydrogen-bond acceptors (Lipinski definition) is 3. The standard InChI is InChI=1S/C22H28F3N3O2/c23-22(24,25)18-8-4-16(5-9-18)15-26-10-2-11-27(14-13-26)21(30)19-3-1-12-28(19)20(29)17-6-7-17/h4-5,8-9,17,19H,1-3,6-7,10-15H2. The highest BCUT2D eigenvalue weighted by atomic mass is 19.4. The molecule has 0 spiro atoms. The largest absolute Gasteiger partial charge is 0.416 e. The lowest BCUT2D eigenvalue weighted by atomic mass is 10.1. The van der Waals surface area contributed by atoms with Crippen molar-refractivity contribution in [2.45, 2.75) is 50.9 Å². The van der Waals surface area contributed by atoms with Crippen molar-refractivity contribution in [3.05, 3.63) is 35.4 Å². The first-order valence-corrected chi connectivity index (χ1v) is 10.8. The van der Waals surface area contributed by atoms with Gasteiger partial charge in [-0.15, -0.1) is 0 Å². The third-order valence-corrected chi connectivity index (χ3v) is 6.34. The van der Waals surface area contributed by atoms with Crippen LogP contribution in [0.25, 0.3) is 0 Å². The van der Waals surface area contributed by atoms with Gasteiger partial charge in [-0.1, -0.05) is 12.1 Å². The van der Waals surface area contributed by atoms with Crippen LogP contribution in [0.1, 0.15) is 43.2 Å². The van der Waals surface area contributed by atoms with Crippen molar-refractivity contribution in [2.24, 2.45) is 5.92 Å². The molecule has 2 heterocycles. The maximum Gasteiger partial charge on any atom is 0.416 e. The van der Waals surface area contributed by atoms with E-state index in [9.17, 15) is 22.8 Å². The van der Waals surface area contributed by atoms with Gasteiger partial charge in [-0.05, 0) is 49.8 Å². The molecule has 1 atom stereocenters. The molecule has 2 aliphatic heterocycles. The highest BCUT2D eigenvalue weighted by Crippen LogP contribution is 2.34. The lowest BCUT2D eigenvalue weighted by Crippen LogP contribution is -2.49. The number of alkyl halides is 3. The van der Waals surface area contributed by atoms with Crippen LogP contribution in [-0.4, -0.2) is 65.3 Å². The number of carbonyl (C=O) groups excluding carboxylic acids is 2. The zero-order chi connectivity index (χ0) is 21.3. The van der Waals surface area contributed by atoms with Gasteiger partial charge < -0.3 is 9.80 Å². The summed E-state index contributed by atoms with van der Waals surface area (Å²) < 4.78 is 38.2. The Balaban J connectivity index is 1.32. The molecule has 3 fully saturated rings. The number of likely N-dealkylation sites (tertiary alicyclic amines) is 1. The van der Waals surface area contributed by atoms with Crippen LogP contribution in [0.2, 0.25) is 0 Å². The number of carbonyl (C=O) groups is 2. The Kier molecular flexibility index (Phi) is 6.04. The Morgan fingerprint density at radius 3 is 2.27 bits per heavy atom. The van der Waals surface area contributed by atoms with Gasteiger partial charge >= 0.3 is 6.18 Å². The second kappa shape index (κ2) is 8.57. The van der Waals surface area contributed by atoms with Gasteiger partial charge in [0.05, 0.1) is 5.56 Å². The first-order valence-electron chi connectivity index (χ1n) is 10.8. The molecule has 1 aromatic rings. The SMILES string of the molecule is O=C(C1CCCN1C(=O)C1CC1)N1CCCN(Cc2ccc(C(F)(F)F)cc2)CC1. The number of benzene rings is 1. The van der Waals surface area contributed by atoms with Crippen molar-refractivity contribution in [3.8, 4) is 0 Å². The molecule has 3 aliphatic rings. The first kappa shape index (κ1) is 21.2. The lowest BCUT2D eigenvalue weighted by molar-refractivity contribution is -0.144. The van der Waals surface area contributed by atoms with E-state index in [2.05, 4.69) is 4.90 Å². The molecule has 1 aliphatic carbocycles. The van der Waals surface area contributed by atoms with E-state index in [0.717, 1.165) is 56.3 Å². The number of rotatable bonds is 4. The molecule has 0 N–H and O–H groups in total. The molecule has 30 heavy (non-hydrogen) atoms. The number of halogens is 3. The first-order chi connectivity index (χ1) is 14.3. The van der Waals surface area contributed by atoms with Gasteiger partial charge in [0.25, 0.3) is 0 Å². The minimum Gasteiger partial charge on any atom is -0.340 e. The molecular formula is C22H28F3N3O2. The van der Waals surface area contributed by atoms with Gasteiger partial charge in [-0.2, -0.15) is 13.2 Å². The van der Waals surface area contributed by atoms with Crippen LogP contribution in [0.5, 0.6) is 0 Å². The van der Waals surface area contributed by atoms with Crippen LogP contribution in [0.15, 0.2) is 24.3 Å². The highest BCUT2D eigenvalue weighted by Gasteiger charge is 2.42. The molecule has 0 radical (unpaired) electrons. The van der Waals surface area contributed by atoms with Gasteiger partial charge in [0.1, 0.15) is 6.04 Å². The van der Waals surface area contributed by atoms with Crippen LogP contribution in [0, 0.1) is 5.92 Å². The van der Waals surface area contributed by atoms with E-state index in [1.54, 1.807) is 4.90 Å². The minimum atomic E-state index is -4.32. The summed E-state index contributed by atoms with van der Waals surface area (Å²) in [5.74, 6) is 0.323. The number of hydrogen-bond donors (Lipinski definition) is 0. The predicted octanol–water partition coefficient (Wildman–Crippen LogP) is 3.14. The molecule has 8 heteroatoms. The molecule has 1 saturated carbocycles. The molecule has 2 amide bonds. The molecule has 2 saturated heterocycles. The Labute approximate surface area is 174 Å². The van der Waals surface area contributed by atoms with Crippen molar-refractivity contribution in [3.63, 3.8) is 0 Å². The Morgan fingerprint density at radius 2 is 1.60 bits per heavy atom. The molecule has 5 nitrogen and oxygen atoms in total. The van der Waals surface area contributed by atoms with Crippen LogP contribution in [0.4, 0.5) is 13.2 Å². The smallest absolute Gasteiger partial charge is 0.340 e. The van der Waals surface area contributed by atoms with Crippen LogP contribution in [0.3, 0.4) is 0 Å². The van der Waals surface area contributed by atoms with Crippen molar-refractivity contribution in [1.82, 2.24) is 14.7 Å². The fraction of sp³-hybridized carbons (Fsp3) is 0.636. The summed E-state index contributed by atoms with van der Waals surface area (Å²) in [6.07, 6.45) is -0.00374. The summed E-state index contributed by atoms with van der Waals surface area (Å²) in [6.45, 7) is 3.96. The minimum absolute atomic E-state index is 0.0536. The molecule has 0 bridgehead atoms. The quantitative estimate of drug-likeness (QED) is 0.748. The zero-order valence-electron chi connectivity index (χ0n) is 17.0. The number of amides is 2. The van der Waals surface area contributed by atoms with E-state index in [-0.39, 0.29) is 23.8 Å². The monoisotopic (exact) mass is 423 g/mol. The van der Waals surface area contributed by atoms with E-state index >= 15 is 0 Å². The van der Waals surface area contributed by atoms with Gasteiger partial charge in [0.2, 0.25) is 11.8 Å². The Bertz CT molecular complexity index is 777. The Morgan fingerprint density at radius 1 is 0.867 bits per heavy atom. The fourth-order valence-corrected chi connectivity index (χ4v) is 4.47. The average Bonchev–Trinajstić information content (AvgIpc) is 3.49. The van der Waals surface area contributed by atoms with E-state index < -0.39 is 11.7 Å². The molecular weight excluding hydrogens is 395 g/mol. The van der Waals surface area contributed by atoms with Crippen LogP contribution in [-0.2, 0) is 22.3 Å². The topological polar surface area (TPSA) is 43.9 Å². The summed E-state index contributed by atoms with van der Waals surface area (Å²) >= 11 is 0. The molecule has 1 unspecified atom stereocenters. The Hall–Kier alpha value is -2.09. The maximum absolute atomic E-state index is 13.1. The van der Waals surface area contributed by atoms with Gasteiger partial charge in [0, 0.05) is 45.2 Å². The summed E-state index contributed by atoms with van der Waals surface area (Å²) in [4.78, 5) is 31.5. The molecule has 0 aromatic heterocycles. The molecule has 1 aromatic carbocycles. The van der Waals surface area contributed by atoms with Gasteiger partial charge in [-0.3, -0.25) is 14.5 Å². The van der Waals surface area contributed by atoms with Crippen molar-refractivity contribution >= 4 is 11.8 Å². The van der Waals surface area contributed by atoms with Gasteiger partial charge in [-0.25, -0.2) is 0 Å². The van der Waals surface area contributed by atoms with E-state index in [1.807, 2.05) is 4.90 Å². The summed E-state index contributed by atoms with van der Waals surface area (Å²) in [7, 11) is 0. The van der Waals surface area contributed by atoms with E-state index in [0.29, 0.717) is 32.7 Å². The summed E-state index contributed by atoms with van der Waals surface area (Å²) in [6, 6.07) is 4.97.